The first-order valence-corrected chi connectivity index (χ1v) is 8.26. The average molecular weight is 360 g/mol. The van der Waals surface area contributed by atoms with Gasteiger partial charge in [0.05, 0.1) is 27.8 Å². The second-order valence-electron chi connectivity index (χ2n) is 5.76. The molecule has 25 heavy (non-hydrogen) atoms. The summed E-state index contributed by atoms with van der Waals surface area (Å²) in [6.07, 6.45) is 3.38. The monoisotopic (exact) mass is 360 g/mol. The largest absolute Gasteiger partial charge is 0.469 e. The molecule has 0 saturated heterocycles. The molecule has 0 bridgehead atoms. The molecule has 0 aromatic heterocycles. The summed E-state index contributed by atoms with van der Waals surface area (Å²) in [5.74, 6) is -5.86. The van der Waals surface area contributed by atoms with Gasteiger partial charge in [-0.2, -0.15) is 0 Å². The zero-order chi connectivity index (χ0) is 19.5. The molecule has 0 aliphatic heterocycles. The molecule has 0 saturated carbocycles. The summed E-state index contributed by atoms with van der Waals surface area (Å²) in [6, 6.07) is 0. The van der Waals surface area contributed by atoms with Crippen molar-refractivity contribution in [3.05, 3.63) is 0 Å². The lowest BCUT2D eigenvalue weighted by atomic mass is 9.80. The number of carbonyl (C=O) groups is 4. The molecule has 144 valence electrons. The highest BCUT2D eigenvalue weighted by molar-refractivity contribution is 6.06. The van der Waals surface area contributed by atoms with Gasteiger partial charge in [0, 0.05) is 6.42 Å². The molecule has 0 aromatic carbocycles. The molecule has 0 radical (unpaired) electrons. The molecule has 0 aliphatic carbocycles. The molecule has 0 aromatic rings. The molecule has 8 nitrogen and oxygen atoms in total. The molecule has 0 fully saturated rings. The number of aliphatic hydroxyl groups is 1. The van der Waals surface area contributed by atoms with Gasteiger partial charge in [0.2, 0.25) is 0 Å². The van der Waals surface area contributed by atoms with Crippen LogP contribution >= 0.6 is 0 Å². The van der Waals surface area contributed by atoms with Crippen molar-refractivity contribution < 1.29 is 38.5 Å². The van der Waals surface area contributed by atoms with Gasteiger partial charge in [0.1, 0.15) is 0 Å². The first-order chi connectivity index (χ1) is 11.8. The van der Waals surface area contributed by atoms with Crippen LogP contribution in [0.5, 0.6) is 0 Å². The Balaban J connectivity index is 5.40. The maximum atomic E-state index is 12.5. The lowest BCUT2D eigenvalue weighted by Gasteiger charge is -2.30. The van der Waals surface area contributed by atoms with Gasteiger partial charge < -0.3 is 19.3 Å². The number of esters is 3. The van der Waals surface area contributed by atoms with Gasteiger partial charge in [-0.15, -0.1) is 0 Å². The summed E-state index contributed by atoms with van der Waals surface area (Å²) in [6.45, 7) is 2.06. The van der Waals surface area contributed by atoms with E-state index in [2.05, 4.69) is 21.1 Å². The summed E-state index contributed by atoms with van der Waals surface area (Å²) in [4.78, 5) is 48.1. The predicted octanol–water partition coefficient (Wildman–Crippen LogP) is 1.17. The maximum Gasteiger partial charge on any atom is 0.339 e. The number of rotatable bonds is 12. The van der Waals surface area contributed by atoms with Crippen LogP contribution in [0.4, 0.5) is 0 Å². The minimum Gasteiger partial charge on any atom is -0.469 e. The van der Waals surface area contributed by atoms with Gasteiger partial charge in [0.25, 0.3) is 0 Å². The Morgan fingerprint density at radius 1 is 0.920 bits per heavy atom. The standard InChI is InChI=1S/C17H28O8/c1-5-6-7-8-9-10-12(18)14(15(20)24-3)17(22,16(21)25-4)11-13(19)23-2/h14,22H,5-11H2,1-4H3. The fraction of sp³-hybridized carbons (Fsp3) is 0.765. The van der Waals surface area contributed by atoms with Crippen molar-refractivity contribution in [2.24, 2.45) is 5.92 Å². The molecule has 2 unspecified atom stereocenters. The fourth-order valence-corrected chi connectivity index (χ4v) is 2.52. The minimum atomic E-state index is -2.67. The third-order valence-corrected chi connectivity index (χ3v) is 3.94. The van der Waals surface area contributed by atoms with Crippen LogP contribution in [0.25, 0.3) is 0 Å². The van der Waals surface area contributed by atoms with E-state index in [0.29, 0.717) is 6.42 Å². The molecule has 0 heterocycles. The van der Waals surface area contributed by atoms with Crippen LogP contribution in [0.1, 0.15) is 51.9 Å². The van der Waals surface area contributed by atoms with Crippen molar-refractivity contribution in [2.75, 3.05) is 21.3 Å². The van der Waals surface area contributed by atoms with Gasteiger partial charge >= 0.3 is 17.9 Å². The highest BCUT2D eigenvalue weighted by Crippen LogP contribution is 2.28. The Morgan fingerprint density at radius 3 is 2.00 bits per heavy atom. The van der Waals surface area contributed by atoms with Gasteiger partial charge in [-0.05, 0) is 6.42 Å². The Bertz CT molecular complexity index is 473. The van der Waals surface area contributed by atoms with Gasteiger partial charge in [0.15, 0.2) is 17.3 Å². The van der Waals surface area contributed by atoms with E-state index in [1.165, 1.54) is 0 Å². The Labute approximate surface area is 147 Å². The van der Waals surface area contributed by atoms with E-state index < -0.39 is 41.6 Å². The third kappa shape index (κ3) is 6.81. The Morgan fingerprint density at radius 2 is 1.52 bits per heavy atom. The van der Waals surface area contributed by atoms with E-state index in [4.69, 9.17) is 0 Å². The van der Waals surface area contributed by atoms with E-state index in [1.54, 1.807) is 0 Å². The average Bonchev–Trinajstić information content (AvgIpc) is 2.60. The second kappa shape index (κ2) is 11.6. The number of ketones is 1. The molecule has 2 atom stereocenters. The molecule has 1 N–H and O–H groups in total. The lowest BCUT2D eigenvalue weighted by Crippen LogP contribution is -2.54. The molecular weight excluding hydrogens is 332 g/mol. The van der Waals surface area contributed by atoms with E-state index in [-0.39, 0.29) is 6.42 Å². The van der Waals surface area contributed by atoms with Gasteiger partial charge in [-0.25, -0.2) is 4.79 Å². The van der Waals surface area contributed by atoms with Gasteiger partial charge in [-0.1, -0.05) is 32.6 Å². The number of methoxy groups -OCH3 is 3. The van der Waals surface area contributed by atoms with Crippen LogP contribution < -0.4 is 0 Å². The molecule has 0 amide bonds. The van der Waals surface area contributed by atoms with Crippen molar-refractivity contribution in [1.29, 1.82) is 0 Å². The van der Waals surface area contributed by atoms with Crippen LogP contribution in [-0.2, 0) is 33.4 Å². The van der Waals surface area contributed by atoms with Crippen molar-refractivity contribution >= 4 is 23.7 Å². The summed E-state index contributed by atoms with van der Waals surface area (Å²) in [5.41, 5.74) is -2.67. The molecule has 0 rings (SSSR count). The Hall–Kier alpha value is -1.96. The first-order valence-electron chi connectivity index (χ1n) is 8.26. The van der Waals surface area contributed by atoms with Crippen molar-refractivity contribution in [3.8, 4) is 0 Å². The summed E-state index contributed by atoms with van der Waals surface area (Å²) >= 11 is 0. The van der Waals surface area contributed by atoms with Gasteiger partial charge in [-0.3, -0.25) is 14.4 Å². The van der Waals surface area contributed by atoms with Crippen molar-refractivity contribution in [3.63, 3.8) is 0 Å². The van der Waals surface area contributed by atoms with Crippen molar-refractivity contribution in [2.45, 2.75) is 57.5 Å². The quantitative estimate of drug-likeness (QED) is 0.239. The summed E-state index contributed by atoms with van der Waals surface area (Å²) in [5, 5.41) is 10.7. The molecule has 0 spiro atoms. The topological polar surface area (TPSA) is 116 Å². The van der Waals surface area contributed by atoms with E-state index >= 15 is 0 Å². The number of hydrogen-bond donors (Lipinski definition) is 1. The first kappa shape index (κ1) is 23.0. The molecule has 0 aliphatic rings. The van der Waals surface area contributed by atoms with Crippen LogP contribution in [0.3, 0.4) is 0 Å². The number of carbonyl (C=O) groups excluding carboxylic acids is 4. The molecular formula is C17H28O8. The SMILES string of the molecule is CCCCCCCC(=O)C(C(=O)OC)C(O)(CC(=O)OC)C(=O)OC. The zero-order valence-electron chi connectivity index (χ0n) is 15.3. The molecule has 8 heteroatoms. The lowest BCUT2D eigenvalue weighted by molar-refractivity contribution is -0.184. The van der Waals surface area contributed by atoms with E-state index in [0.717, 1.165) is 47.0 Å². The number of ether oxygens (including phenoxy) is 3. The minimum absolute atomic E-state index is 0.0239. The highest BCUT2D eigenvalue weighted by atomic mass is 16.6. The number of hydrogen-bond acceptors (Lipinski definition) is 8. The number of Topliss-reactive ketones (excluding diaryl/α,β-unsaturated/α-hetero) is 1. The fourth-order valence-electron chi connectivity index (χ4n) is 2.52. The Kier molecular flexibility index (Phi) is 10.7. The third-order valence-electron chi connectivity index (χ3n) is 3.94. The van der Waals surface area contributed by atoms with Crippen LogP contribution in [0, 0.1) is 5.92 Å². The van der Waals surface area contributed by atoms with Crippen LogP contribution in [0.2, 0.25) is 0 Å². The summed E-state index contributed by atoms with van der Waals surface area (Å²) < 4.78 is 13.5. The summed E-state index contributed by atoms with van der Waals surface area (Å²) in [7, 11) is 3.07. The van der Waals surface area contributed by atoms with Crippen LogP contribution in [-0.4, -0.2) is 55.7 Å². The van der Waals surface area contributed by atoms with Crippen LogP contribution in [0.15, 0.2) is 0 Å². The maximum absolute atomic E-state index is 12.5. The van der Waals surface area contributed by atoms with E-state index in [1.807, 2.05) is 0 Å². The van der Waals surface area contributed by atoms with Crippen molar-refractivity contribution in [1.82, 2.24) is 0 Å². The predicted molar refractivity (Wildman–Crippen MR) is 87.5 cm³/mol. The van der Waals surface area contributed by atoms with E-state index in [9.17, 15) is 24.3 Å². The second-order valence-corrected chi connectivity index (χ2v) is 5.76. The highest BCUT2D eigenvalue weighted by Gasteiger charge is 2.54. The number of unbranched alkanes of at least 4 members (excludes halogenated alkanes) is 4. The normalized spacial score (nSPS) is 14.1. The smallest absolute Gasteiger partial charge is 0.339 e. The zero-order valence-corrected chi connectivity index (χ0v) is 15.3.